The molecule has 0 atom stereocenters. The van der Waals surface area contributed by atoms with Crippen LogP contribution >= 0.6 is 0 Å². The Morgan fingerprint density at radius 2 is 2.29 bits per heavy atom. The van der Waals surface area contributed by atoms with Gasteiger partial charge in [0, 0.05) is 6.61 Å². The quantitative estimate of drug-likeness (QED) is 0.737. The SMILES string of the molecule is COC(=O)c1cccc(CCCO)c1. The maximum atomic E-state index is 11.2. The number of rotatable bonds is 4. The summed E-state index contributed by atoms with van der Waals surface area (Å²) in [6, 6.07) is 7.26. The van der Waals surface area contributed by atoms with E-state index in [9.17, 15) is 4.79 Å². The van der Waals surface area contributed by atoms with Crippen molar-refractivity contribution in [1.82, 2.24) is 0 Å². The summed E-state index contributed by atoms with van der Waals surface area (Å²) >= 11 is 0. The first kappa shape index (κ1) is 10.7. The zero-order valence-corrected chi connectivity index (χ0v) is 8.19. The van der Waals surface area contributed by atoms with Crippen LogP contribution in [0.15, 0.2) is 24.3 Å². The Bertz CT molecular complexity index is 307. The average Bonchev–Trinajstić information content (AvgIpc) is 2.25. The topological polar surface area (TPSA) is 46.5 Å². The maximum Gasteiger partial charge on any atom is 0.337 e. The molecule has 0 saturated carbocycles. The Morgan fingerprint density at radius 1 is 1.50 bits per heavy atom. The standard InChI is InChI=1S/C11H14O3/c1-14-11(13)10-6-2-4-9(8-10)5-3-7-12/h2,4,6,8,12H,3,5,7H2,1H3. The smallest absolute Gasteiger partial charge is 0.337 e. The minimum absolute atomic E-state index is 0.169. The Labute approximate surface area is 83.3 Å². The summed E-state index contributed by atoms with van der Waals surface area (Å²) in [6.07, 6.45) is 1.49. The molecule has 1 aromatic carbocycles. The number of carbonyl (C=O) groups is 1. The molecule has 0 saturated heterocycles. The third kappa shape index (κ3) is 2.85. The molecule has 3 heteroatoms. The first-order chi connectivity index (χ1) is 6.77. The molecule has 0 amide bonds. The van der Waals surface area contributed by atoms with Crippen LogP contribution in [-0.2, 0) is 11.2 Å². The lowest BCUT2D eigenvalue weighted by atomic mass is 10.1. The molecule has 1 aromatic rings. The highest BCUT2D eigenvalue weighted by molar-refractivity contribution is 5.89. The van der Waals surface area contributed by atoms with E-state index in [-0.39, 0.29) is 12.6 Å². The first-order valence-electron chi connectivity index (χ1n) is 4.56. The van der Waals surface area contributed by atoms with Crippen LogP contribution in [0.1, 0.15) is 22.3 Å². The van der Waals surface area contributed by atoms with E-state index in [0.717, 1.165) is 12.0 Å². The number of methoxy groups -OCH3 is 1. The molecule has 0 fully saturated rings. The fourth-order valence-corrected chi connectivity index (χ4v) is 1.25. The third-order valence-corrected chi connectivity index (χ3v) is 1.97. The van der Waals surface area contributed by atoms with Crippen LogP contribution in [0, 0.1) is 0 Å². The summed E-state index contributed by atoms with van der Waals surface area (Å²) in [5.74, 6) is -0.323. The molecule has 0 aromatic heterocycles. The van der Waals surface area contributed by atoms with E-state index in [1.807, 2.05) is 12.1 Å². The molecular weight excluding hydrogens is 180 g/mol. The molecule has 0 spiro atoms. The number of aliphatic hydroxyl groups is 1. The largest absolute Gasteiger partial charge is 0.465 e. The lowest BCUT2D eigenvalue weighted by molar-refractivity contribution is 0.0600. The summed E-state index contributed by atoms with van der Waals surface area (Å²) < 4.78 is 4.61. The number of benzene rings is 1. The van der Waals surface area contributed by atoms with E-state index < -0.39 is 0 Å². The summed E-state index contributed by atoms with van der Waals surface area (Å²) in [4.78, 5) is 11.2. The van der Waals surface area contributed by atoms with Gasteiger partial charge in [-0.15, -0.1) is 0 Å². The van der Waals surface area contributed by atoms with Gasteiger partial charge in [-0.2, -0.15) is 0 Å². The van der Waals surface area contributed by atoms with Gasteiger partial charge in [0.05, 0.1) is 12.7 Å². The van der Waals surface area contributed by atoms with Gasteiger partial charge in [-0.3, -0.25) is 0 Å². The summed E-state index contributed by atoms with van der Waals surface area (Å²) in [6.45, 7) is 0.169. The molecular formula is C11H14O3. The number of carbonyl (C=O) groups excluding carboxylic acids is 1. The van der Waals surface area contributed by atoms with Crippen LogP contribution in [0.4, 0.5) is 0 Å². The molecule has 76 valence electrons. The van der Waals surface area contributed by atoms with Crippen LogP contribution in [0.5, 0.6) is 0 Å². The molecule has 3 nitrogen and oxygen atoms in total. The predicted octanol–water partition coefficient (Wildman–Crippen LogP) is 1.40. The molecule has 0 aliphatic heterocycles. The maximum absolute atomic E-state index is 11.2. The van der Waals surface area contributed by atoms with Crippen LogP contribution in [0.3, 0.4) is 0 Å². The Hall–Kier alpha value is -1.35. The third-order valence-electron chi connectivity index (χ3n) is 1.97. The van der Waals surface area contributed by atoms with Crippen LogP contribution in [0.2, 0.25) is 0 Å². The molecule has 1 rings (SSSR count). The van der Waals surface area contributed by atoms with Crippen molar-refractivity contribution >= 4 is 5.97 Å². The van der Waals surface area contributed by atoms with E-state index in [4.69, 9.17) is 5.11 Å². The van der Waals surface area contributed by atoms with Gasteiger partial charge >= 0.3 is 5.97 Å². The van der Waals surface area contributed by atoms with Crippen molar-refractivity contribution in [2.45, 2.75) is 12.8 Å². The zero-order chi connectivity index (χ0) is 10.4. The van der Waals surface area contributed by atoms with Gasteiger partial charge in [-0.1, -0.05) is 12.1 Å². The van der Waals surface area contributed by atoms with Gasteiger partial charge in [0.25, 0.3) is 0 Å². The fraction of sp³-hybridized carbons (Fsp3) is 0.364. The number of ether oxygens (including phenoxy) is 1. The van der Waals surface area contributed by atoms with Gasteiger partial charge in [0.2, 0.25) is 0 Å². The molecule has 0 aliphatic rings. The average molecular weight is 194 g/mol. The molecule has 1 N–H and O–H groups in total. The zero-order valence-electron chi connectivity index (χ0n) is 8.19. The molecule has 0 unspecified atom stereocenters. The van der Waals surface area contributed by atoms with E-state index >= 15 is 0 Å². The fourth-order valence-electron chi connectivity index (χ4n) is 1.25. The van der Waals surface area contributed by atoms with Crippen molar-refractivity contribution in [1.29, 1.82) is 0 Å². The highest BCUT2D eigenvalue weighted by Gasteiger charge is 2.04. The van der Waals surface area contributed by atoms with E-state index in [1.54, 1.807) is 12.1 Å². The highest BCUT2D eigenvalue weighted by Crippen LogP contribution is 2.08. The normalized spacial score (nSPS) is 9.86. The second-order valence-electron chi connectivity index (χ2n) is 3.02. The summed E-state index contributed by atoms with van der Waals surface area (Å²) in [5.41, 5.74) is 1.60. The molecule has 0 bridgehead atoms. The van der Waals surface area contributed by atoms with Gasteiger partial charge in [-0.25, -0.2) is 4.79 Å². The van der Waals surface area contributed by atoms with Crippen LogP contribution in [-0.4, -0.2) is 24.8 Å². The van der Waals surface area contributed by atoms with Gasteiger partial charge in [0.1, 0.15) is 0 Å². The monoisotopic (exact) mass is 194 g/mol. The second kappa shape index (κ2) is 5.40. The van der Waals surface area contributed by atoms with Gasteiger partial charge < -0.3 is 9.84 Å². The van der Waals surface area contributed by atoms with Crippen molar-refractivity contribution in [3.63, 3.8) is 0 Å². The lowest BCUT2D eigenvalue weighted by Crippen LogP contribution is -2.01. The van der Waals surface area contributed by atoms with Crippen molar-refractivity contribution in [2.24, 2.45) is 0 Å². The minimum Gasteiger partial charge on any atom is -0.465 e. The summed E-state index contributed by atoms with van der Waals surface area (Å²) in [7, 11) is 1.36. The number of hydrogen-bond donors (Lipinski definition) is 1. The number of aliphatic hydroxyl groups excluding tert-OH is 1. The Morgan fingerprint density at radius 3 is 2.93 bits per heavy atom. The number of esters is 1. The Balaban J connectivity index is 2.73. The van der Waals surface area contributed by atoms with Crippen molar-refractivity contribution in [3.8, 4) is 0 Å². The molecule has 0 aliphatic carbocycles. The lowest BCUT2D eigenvalue weighted by Gasteiger charge is -2.02. The summed E-state index contributed by atoms with van der Waals surface area (Å²) in [5, 5.41) is 8.66. The van der Waals surface area contributed by atoms with E-state index in [0.29, 0.717) is 12.0 Å². The second-order valence-corrected chi connectivity index (χ2v) is 3.02. The number of hydrogen-bond acceptors (Lipinski definition) is 3. The van der Waals surface area contributed by atoms with Crippen LogP contribution < -0.4 is 0 Å². The number of aryl methyl sites for hydroxylation is 1. The molecule has 14 heavy (non-hydrogen) atoms. The van der Waals surface area contributed by atoms with Gasteiger partial charge in [0.15, 0.2) is 0 Å². The van der Waals surface area contributed by atoms with E-state index in [2.05, 4.69) is 4.74 Å². The minimum atomic E-state index is -0.323. The predicted molar refractivity (Wildman–Crippen MR) is 53.2 cm³/mol. The highest BCUT2D eigenvalue weighted by atomic mass is 16.5. The Kier molecular flexibility index (Phi) is 4.13. The first-order valence-corrected chi connectivity index (χ1v) is 4.56. The van der Waals surface area contributed by atoms with Crippen molar-refractivity contribution in [2.75, 3.05) is 13.7 Å². The van der Waals surface area contributed by atoms with Crippen LogP contribution in [0.25, 0.3) is 0 Å². The molecule has 0 radical (unpaired) electrons. The van der Waals surface area contributed by atoms with Gasteiger partial charge in [-0.05, 0) is 30.5 Å². The van der Waals surface area contributed by atoms with Crippen molar-refractivity contribution < 1.29 is 14.6 Å². The van der Waals surface area contributed by atoms with E-state index in [1.165, 1.54) is 7.11 Å². The molecule has 0 heterocycles. The van der Waals surface area contributed by atoms with Crippen molar-refractivity contribution in [3.05, 3.63) is 35.4 Å².